The molecular formula is C63H99N3O2. The molecule has 2 unspecified atom stereocenters. The summed E-state index contributed by atoms with van der Waals surface area (Å²) in [5.74, 6) is -0.923. The Morgan fingerprint density at radius 1 is 0.515 bits per heavy atom. The van der Waals surface area contributed by atoms with Crippen molar-refractivity contribution in [3.05, 3.63) is 112 Å². The molecule has 0 spiro atoms. The average Bonchev–Trinajstić information content (AvgIpc) is 3.36. The minimum atomic E-state index is -1.62. The molecule has 68 heavy (non-hydrogen) atoms. The van der Waals surface area contributed by atoms with Gasteiger partial charge in [0.05, 0.1) is 6.07 Å². The zero-order valence-electron chi connectivity index (χ0n) is 43.8. The maximum Gasteiger partial charge on any atom is 0.278 e. The molecule has 0 aliphatic heterocycles. The van der Waals surface area contributed by atoms with Gasteiger partial charge in [-0.1, -0.05) is 305 Å². The molecule has 1 aliphatic carbocycles. The Labute approximate surface area is 418 Å². The van der Waals surface area contributed by atoms with E-state index in [2.05, 4.69) is 49.1 Å². The van der Waals surface area contributed by atoms with Crippen molar-refractivity contribution in [1.29, 1.82) is 5.26 Å². The fraction of sp³-hybridized carbons (Fsp3) is 0.667. The summed E-state index contributed by atoms with van der Waals surface area (Å²) in [4.78, 5) is 14.9. The van der Waals surface area contributed by atoms with Crippen LogP contribution >= 0.6 is 0 Å². The minimum Gasteiger partial charge on any atom is -0.372 e. The van der Waals surface area contributed by atoms with Gasteiger partial charge in [-0.05, 0) is 53.8 Å². The van der Waals surface area contributed by atoms with Gasteiger partial charge in [-0.2, -0.15) is 5.26 Å². The van der Waals surface area contributed by atoms with Crippen molar-refractivity contribution in [3.63, 3.8) is 0 Å². The van der Waals surface area contributed by atoms with Crippen molar-refractivity contribution in [2.24, 2.45) is 5.92 Å². The highest BCUT2D eigenvalue weighted by Gasteiger charge is 2.47. The molecule has 0 bridgehead atoms. The number of rotatable bonds is 44. The minimum absolute atomic E-state index is 0.323. The first-order valence-corrected chi connectivity index (χ1v) is 28.7. The number of nitriles is 1. The summed E-state index contributed by atoms with van der Waals surface area (Å²) in [7, 11) is 0. The van der Waals surface area contributed by atoms with E-state index in [1.165, 1.54) is 237 Å². The number of hydrogen-bond acceptors (Lipinski definition) is 4. The summed E-state index contributed by atoms with van der Waals surface area (Å²) >= 11 is 0. The largest absolute Gasteiger partial charge is 0.372 e. The molecule has 2 aromatic rings. The van der Waals surface area contributed by atoms with Crippen molar-refractivity contribution >= 4 is 17.8 Å². The van der Waals surface area contributed by atoms with Crippen LogP contribution in [0.4, 0.5) is 5.69 Å². The second-order valence-electron chi connectivity index (χ2n) is 20.4. The molecule has 0 N–H and O–H groups in total. The molecule has 5 nitrogen and oxygen atoms in total. The monoisotopic (exact) mass is 930 g/mol. The molecule has 0 aromatic heterocycles. The molecule has 378 valence electrons. The number of unbranched alkanes of at least 4 members (excludes halogenated alkanes) is 34. The van der Waals surface area contributed by atoms with Crippen molar-refractivity contribution in [2.75, 3.05) is 18.0 Å². The number of benzene rings is 2. The van der Waals surface area contributed by atoms with Gasteiger partial charge in [0.2, 0.25) is 0 Å². The molecule has 0 saturated heterocycles. The fourth-order valence-electron chi connectivity index (χ4n) is 9.92. The van der Waals surface area contributed by atoms with E-state index >= 15 is 0 Å². The van der Waals surface area contributed by atoms with E-state index in [0.29, 0.717) is 0 Å². The van der Waals surface area contributed by atoms with Gasteiger partial charge >= 0.3 is 0 Å². The van der Waals surface area contributed by atoms with Gasteiger partial charge in [-0.3, -0.25) is 10.1 Å². The van der Waals surface area contributed by atoms with Crippen molar-refractivity contribution in [1.82, 2.24) is 0 Å². The van der Waals surface area contributed by atoms with Crippen LogP contribution in [0.2, 0.25) is 0 Å². The molecule has 5 heteroatoms. The predicted molar refractivity (Wildman–Crippen MR) is 297 cm³/mol. The smallest absolute Gasteiger partial charge is 0.278 e. The lowest BCUT2D eigenvalue weighted by Gasteiger charge is -2.26. The van der Waals surface area contributed by atoms with Crippen LogP contribution in [0.3, 0.4) is 0 Å². The quantitative estimate of drug-likeness (QED) is 0.0377. The Morgan fingerprint density at radius 2 is 0.882 bits per heavy atom. The third kappa shape index (κ3) is 26.7. The van der Waals surface area contributed by atoms with E-state index in [0.717, 1.165) is 29.8 Å². The van der Waals surface area contributed by atoms with Crippen LogP contribution in [0, 0.1) is 27.4 Å². The lowest BCUT2D eigenvalue weighted by Crippen LogP contribution is -2.42. The van der Waals surface area contributed by atoms with Gasteiger partial charge < -0.3 is 4.90 Å². The Bertz CT molecular complexity index is 1650. The molecule has 0 amide bonds. The maximum absolute atomic E-state index is 12.6. The van der Waals surface area contributed by atoms with Crippen LogP contribution in [0.1, 0.15) is 256 Å². The number of nitrogens with zero attached hydrogens (tertiary/aromatic N) is 3. The molecule has 2 atom stereocenters. The molecule has 1 aliphatic rings. The van der Waals surface area contributed by atoms with Crippen LogP contribution in [-0.4, -0.2) is 23.6 Å². The van der Waals surface area contributed by atoms with E-state index in [9.17, 15) is 15.4 Å². The first-order valence-electron chi connectivity index (χ1n) is 28.7. The molecule has 2 aromatic carbocycles. The van der Waals surface area contributed by atoms with E-state index in [4.69, 9.17) is 0 Å². The number of hydrogen-bond donors (Lipinski definition) is 0. The molecular weight excluding hydrogens is 831 g/mol. The van der Waals surface area contributed by atoms with Crippen LogP contribution < -0.4 is 4.90 Å². The zero-order valence-corrected chi connectivity index (χ0v) is 43.8. The third-order valence-electron chi connectivity index (χ3n) is 14.5. The van der Waals surface area contributed by atoms with E-state index in [-0.39, 0.29) is 4.92 Å². The number of anilines is 1. The first kappa shape index (κ1) is 58.4. The van der Waals surface area contributed by atoms with E-state index < -0.39 is 11.5 Å². The standard InChI is InChI=1S/C63H99N3O2/c1-3-5-7-9-11-13-15-17-19-21-23-25-27-29-31-33-35-40-54-65(55-41-36-34-32-30-28-26-24-22-20-18-16-14-12-10-8-6-4-2)62-48-46-59(47-49-62)50-52-63(66(67)68)53-51-60(56-61(63)57-64)45-44-58-42-38-37-39-43-58/h37-39,42-53,56,61H,3-36,40-41,54-55H2,1-2H3. The fourth-order valence-corrected chi connectivity index (χ4v) is 9.92. The molecule has 0 fully saturated rings. The second-order valence-corrected chi connectivity index (χ2v) is 20.4. The average molecular weight is 931 g/mol. The highest BCUT2D eigenvalue weighted by molar-refractivity contribution is 5.60. The molecule has 0 heterocycles. The summed E-state index contributed by atoms with van der Waals surface area (Å²) in [6.45, 7) is 6.73. The maximum atomic E-state index is 12.6. The topological polar surface area (TPSA) is 70.2 Å². The van der Waals surface area contributed by atoms with Crippen molar-refractivity contribution in [3.8, 4) is 6.07 Å². The number of nitro groups is 1. The van der Waals surface area contributed by atoms with Gasteiger partial charge in [-0.25, -0.2) is 0 Å². The summed E-state index contributed by atoms with van der Waals surface area (Å²) in [6, 6.07) is 20.7. The Kier molecular flexibility index (Phi) is 34.3. The summed E-state index contributed by atoms with van der Waals surface area (Å²) < 4.78 is 0. The zero-order chi connectivity index (χ0) is 48.4. The van der Waals surface area contributed by atoms with Crippen LogP contribution in [0.5, 0.6) is 0 Å². The second kappa shape index (κ2) is 39.9. The summed E-state index contributed by atoms with van der Waals surface area (Å²) in [5.41, 5.74) is 2.34. The predicted octanol–water partition coefficient (Wildman–Crippen LogP) is 20.0. The Balaban J connectivity index is 1.42. The van der Waals surface area contributed by atoms with Crippen LogP contribution in [-0.2, 0) is 0 Å². The van der Waals surface area contributed by atoms with Crippen molar-refractivity contribution < 1.29 is 4.92 Å². The van der Waals surface area contributed by atoms with Crippen molar-refractivity contribution in [2.45, 2.75) is 251 Å². The highest BCUT2D eigenvalue weighted by atomic mass is 16.6. The van der Waals surface area contributed by atoms with Crippen LogP contribution in [0.15, 0.2) is 90.6 Å². The van der Waals surface area contributed by atoms with Gasteiger partial charge in [0.15, 0.2) is 0 Å². The Hall–Kier alpha value is -3.91. The van der Waals surface area contributed by atoms with Crippen LogP contribution in [0.25, 0.3) is 12.2 Å². The lowest BCUT2D eigenvalue weighted by atomic mass is 9.79. The first-order chi connectivity index (χ1) is 33.5. The SMILES string of the molecule is CCCCCCCCCCCCCCCCCCCCN(CCCCCCCCCCCCCCCCCCCC)c1ccc(C=CC2([N+](=O)[O-])C=CC(C=Cc3ccccc3)=CC2C#N)cc1. The van der Waals surface area contributed by atoms with Gasteiger partial charge in [-0.15, -0.1) is 0 Å². The Morgan fingerprint density at radius 3 is 1.25 bits per heavy atom. The van der Waals surface area contributed by atoms with Gasteiger partial charge in [0.1, 0.15) is 5.92 Å². The van der Waals surface area contributed by atoms with E-state index in [1.54, 1.807) is 24.3 Å². The van der Waals surface area contributed by atoms with E-state index in [1.807, 2.05) is 48.6 Å². The normalized spacial score (nSPS) is 15.9. The highest BCUT2D eigenvalue weighted by Crippen LogP contribution is 2.33. The molecule has 3 rings (SSSR count). The van der Waals surface area contributed by atoms with Gasteiger partial charge in [0, 0.05) is 23.7 Å². The summed E-state index contributed by atoms with van der Waals surface area (Å²) in [6.07, 6.45) is 62.4. The third-order valence-corrected chi connectivity index (χ3v) is 14.5. The number of allylic oxidation sites excluding steroid dienone is 3. The summed E-state index contributed by atoms with van der Waals surface area (Å²) in [5, 5.41) is 22.7. The lowest BCUT2D eigenvalue weighted by molar-refractivity contribution is -0.545. The molecule has 0 saturated carbocycles. The van der Waals surface area contributed by atoms with Gasteiger partial charge in [0.25, 0.3) is 5.54 Å². The molecule has 0 radical (unpaired) electrons.